The van der Waals surface area contributed by atoms with E-state index in [0.717, 1.165) is 43.0 Å². The summed E-state index contributed by atoms with van der Waals surface area (Å²) in [5.41, 5.74) is 5.02. The second kappa shape index (κ2) is 7.56. The first-order valence-electron chi connectivity index (χ1n) is 10.5. The summed E-state index contributed by atoms with van der Waals surface area (Å²) in [6.07, 6.45) is 4.45. The van der Waals surface area contributed by atoms with Crippen molar-refractivity contribution in [2.45, 2.75) is 32.4 Å². The van der Waals surface area contributed by atoms with Crippen molar-refractivity contribution in [2.75, 3.05) is 24.5 Å². The third-order valence-electron chi connectivity index (χ3n) is 6.28. The lowest BCUT2D eigenvalue weighted by Gasteiger charge is -2.47. The van der Waals surface area contributed by atoms with Crippen LogP contribution in [0.15, 0.2) is 59.7 Å². The van der Waals surface area contributed by atoms with Gasteiger partial charge in [0.15, 0.2) is 0 Å². The van der Waals surface area contributed by atoms with Crippen molar-refractivity contribution < 1.29 is 0 Å². The van der Waals surface area contributed by atoms with Gasteiger partial charge in [0.1, 0.15) is 0 Å². The zero-order chi connectivity index (χ0) is 20.8. The Hall–Kier alpha value is -2.63. The highest BCUT2D eigenvalue weighted by atomic mass is 35.5. The van der Waals surface area contributed by atoms with Gasteiger partial charge in [0.25, 0.3) is 5.56 Å². The molecule has 3 aromatic rings. The van der Waals surface area contributed by atoms with E-state index in [1.807, 2.05) is 18.3 Å². The minimum atomic E-state index is -0.0642. The average molecular weight is 421 g/mol. The SMILES string of the molecule is CC(C)N1CC(N2CCc3cc(-n4ccc(-c5ccc(Cl)cn5)cc4=O)ccc32)C1. The average Bonchev–Trinajstić information content (AvgIpc) is 3.10. The Labute approximate surface area is 181 Å². The highest BCUT2D eigenvalue weighted by Gasteiger charge is 2.35. The van der Waals surface area contributed by atoms with E-state index < -0.39 is 0 Å². The first-order chi connectivity index (χ1) is 14.5. The molecular formula is C24H25ClN4O. The number of benzene rings is 1. The van der Waals surface area contributed by atoms with Gasteiger partial charge in [0, 0.05) is 61.1 Å². The molecule has 0 aliphatic carbocycles. The molecule has 2 aliphatic rings. The third-order valence-corrected chi connectivity index (χ3v) is 6.50. The predicted octanol–water partition coefficient (Wildman–Crippen LogP) is 4.01. The van der Waals surface area contributed by atoms with Gasteiger partial charge in [-0.1, -0.05) is 11.6 Å². The molecule has 4 heterocycles. The van der Waals surface area contributed by atoms with Crippen molar-refractivity contribution in [3.63, 3.8) is 0 Å². The van der Waals surface area contributed by atoms with E-state index >= 15 is 0 Å². The zero-order valence-electron chi connectivity index (χ0n) is 17.3. The van der Waals surface area contributed by atoms with E-state index in [0.29, 0.717) is 17.1 Å². The molecule has 0 bridgehead atoms. The normalized spacial score (nSPS) is 16.7. The molecule has 0 radical (unpaired) electrons. The first kappa shape index (κ1) is 19.3. The zero-order valence-corrected chi connectivity index (χ0v) is 18.0. The molecule has 1 aromatic carbocycles. The standard InChI is InChI=1S/C24H25ClN4O/c1-16(2)27-14-21(15-27)28-9-8-18-11-20(4-6-23(18)28)29-10-7-17(12-24(29)30)22-5-3-19(25)13-26-22/h3-7,10-13,16,21H,8-9,14-15H2,1-2H3. The van der Waals surface area contributed by atoms with Gasteiger partial charge in [-0.05, 0) is 62.2 Å². The van der Waals surface area contributed by atoms with Crippen LogP contribution in [0.5, 0.6) is 0 Å². The van der Waals surface area contributed by atoms with Crippen LogP contribution in [-0.2, 0) is 6.42 Å². The molecule has 0 N–H and O–H groups in total. The molecule has 6 heteroatoms. The summed E-state index contributed by atoms with van der Waals surface area (Å²) < 4.78 is 1.70. The van der Waals surface area contributed by atoms with E-state index in [1.165, 1.54) is 11.3 Å². The lowest BCUT2D eigenvalue weighted by atomic mass is 10.0. The summed E-state index contributed by atoms with van der Waals surface area (Å²) in [5, 5.41) is 0.582. The van der Waals surface area contributed by atoms with Crippen LogP contribution < -0.4 is 10.5 Å². The van der Waals surface area contributed by atoms with E-state index in [4.69, 9.17) is 11.6 Å². The van der Waals surface area contributed by atoms with Crippen molar-refractivity contribution in [1.29, 1.82) is 0 Å². The molecule has 1 fully saturated rings. The fourth-order valence-electron chi connectivity index (χ4n) is 4.45. The molecule has 0 saturated carbocycles. The molecule has 30 heavy (non-hydrogen) atoms. The molecule has 0 unspecified atom stereocenters. The van der Waals surface area contributed by atoms with E-state index in [1.54, 1.807) is 22.9 Å². The number of anilines is 1. The number of hydrogen-bond acceptors (Lipinski definition) is 4. The van der Waals surface area contributed by atoms with Gasteiger partial charge in [-0.3, -0.25) is 19.2 Å². The van der Waals surface area contributed by atoms with Crippen LogP contribution in [0.1, 0.15) is 19.4 Å². The number of fused-ring (bicyclic) bond motifs is 1. The Bertz CT molecular complexity index is 1130. The number of rotatable bonds is 4. The second-order valence-electron chi connectivity index (χ2n) is 8.44. The summed E-state index contributed by atoms with van der Waals surface area (Å²) in [7, 11) is 0. The fourth-order valence-corrected chi connectivity index (χ4v) is 4.56. The maximum absolute atomic E-state index is 12.8. The molecule has 1 saturated heterocycles. The molecule has 0 amide bonds. The van der Waals surface area contributed by atoms with Crippen LogP contribution in [0.4, 0.5) is 5.69 Å². The minimum absolute atomic E-state index is 0.0642. The number of nitrogens with zero attached hydrogens (tertiary/aromatic N) is 4. The van der Waals surface area contributed by atoms with E-state index in [-0.39, 0.29) is 5.56 Å². The van der Waals surface area contributed by atoms with Crippen molar-refractivity contribution >= 4 is 17.3 Å². The van der Waals surface area contributed by atoms with Gasteiger partial charge < -0.3 is 4.90 Å². The summed E-state index contributed by atoms with van der Waals surface area (Å²) in [6, 6.07) is 14.8. The molecule has 2 aliphatic heterocycles. The van der Waals surface area contributed by atoms with Gasteiger partial charge in [-0.2, -0.15) is 0 Å². The van der Waals surface area contributed by atoms with Gasteiger partial charge in [-0.25, -0.2) is 0 Å². The Morgan fingerprint density at radius 2 is 1.93 bits per heavy atom. The topological polar surface area (TPSA) is 41.4 Å². The lowest BCUT2D eigenvalue weighted by molar-refractivity contribution is 0.108. The number of hydrogen-bond donors (Lipinski definition) is 0. The van der Waals surface area contributed by atoms with Crippen molar-refractivity contribution in [2.24, 2.45) is 0 Å². The number of aromatic nitrogens is 2. The van der Waals surface area contributed by atoms with Crippen LogP contribution in [0.3, 0.4) is 0 Å². The van der Waals surface area contributed by atoms with Crippen LogP contribution >= 0.6 is 11.6 Å². The summed E-state index contributed by atoms with van der Waals surface area (Å²) >= 11 is 5.91. The van der Waals surface area contributed by atoms with Crippen LogP contribution in [0.25, 0.3) is 16.9 Å². The summed E-state index contributed by atoms with van der Waals surface area (Å²) in [6.45, 7) is 7.85. The molecule has 0 atom stereocenters. The third kappa shape index (κ3) is 3.42. The summed E-state index contributed by atoms with van der Waals surface area (Å²) in [4.78, 5) is 22.2. The first-order valence-corrected chi connectivity index (χ1v) is 10.9. The number of pyridine rings is 2. The fraction of sp³-hybridized carbons (Fsp3) is 0.333. The van der Waals surface area contributed by atoms with Crippen LogP contribution in [0.2, 0.25) is 5.02 Å². The smallest absolute Gasteiger partial charge is 0.255 e. The van der Waals surface area contributed by atoms with E-state index in [9.17, 15) is 4.79 Å². The largest absolute Gasteiger partial charge is 0.365 e. The Morgan fingerprint density at radius 1 is 1.10 bits per heavy atom. The maximum atomic E-state index is 12.8. The number of halogens is 1. The Balaban J connectivity index is 1.38. The monoisotopic (exact) mass is 420 g/mol. The van der Waals surface area contributed by atoms with Crippen LogP contribution in [0, 0.1) is 0 Å². The predicted molar refractivity (Wildman–Crippen MR) is 122 cm³/mol. The van der Waals surface area contributed by atoms with Gasteiger partial charge in [0.05, 0.1) is 16.8 Å². The summed E-state index contributed by atoms with van der Waals surface area (Å²) in [5.74, 6) is 0. The molecular weight excluding hydrogens is 396 g/mol. The second-order valence-corrected chi connectivity index (χ2v) is 8.88. The Morgan fingerprint density at radius 3 is 2.63 bits per heavy atom. The molecule has 5 nitrogen and oxygen atoms in total. The van der Waals surface area contributed by atoms with Gasteiger partial charge >= 0.3 is 0 Å². The van der Waals surface area contributed by atoms with Gasteiger partial charge in [-0.15, -0.1) is 0 Å². The lowest BCUT2D eigenvalue weighted by Crippen LogP contribution is -2.61. The van der Waals surface area contributed by atoms with Crippen molar-refractivity contribution in [3.05, 3.63) is 75.8 Å². The molecule has 2 aromatic heterocycles. The Kier molecular flexibility index (Phi) is 4.88. The van der Waals surface area contributed by atoms with Gasteiger partial charge in [0.2, 0.25) is 0 Å². The molecule has 0 spiro atoms. The van der Waals surface area contributed by atoms with Crippen molar-refractivity contribution in [3.8, 4) is 16.9 Å². The molecule has 154 valence electrons. The molecule has 5 rings (SSSR count). The highest BCUT2D eigenvalue weighted by Crippen LogP contribution is 2.34. The minimum Gasteiger partial charge on any atom is -0.365 e. The quantitative estimate of drug-likeness (QED) is 0.639. The highest BCUT2D eigenvalue weighted by molar-refractivity contribution is 6.30. The van der Waals surface area contributed by atoms with E-state index in [2.05, 4.69) is 46.8 Å². The maximum Gasteiger partial charge on any atom is 0.255 e. The van der Waals surface area contributed by atoms with Crippen molar-refractivity contribution in [1.82, 2.24) is 14.5 Å². The van der Waals surface area contributed by atoms with Crippen LogP contribution in [-0.4, -0.2) is 46.2 Å². The number of likely N-dealkylation sites (tertiary alicyclic amines) is 1.